The molecule has 1 aliphatic rings. The van der Waals surface area contributed by atoms with Crippen LogP contribution in [0.2, 0.25) is 0 Å². The van der Waals surface area contributed by atoms with Gasteiger partial charge < -0.3 is 9.80 Å². The van der Waals surface area contributed by atoms with Gasteiger partial charge in [-0.25, -0.2) is 0 Å². The van der Waals surface area contributed by atoms with Crippen molar-refractivity contribution in [3.63, 3.8) is 0 Å². The maximum absolute atomic E-state index is 4.03. The van der Waals surface area contributed by atoms with Gasteiger partial charge in [0.1, 0.15) is 0 Å². The Morgan fingerprint density at radius 3 is 2.43 bits per heavy atom. The van der Waals surface area contributed by atoms with Crippen molar-refractivity contribution in [2.45, 2.75) is 32.7 Å². The highest BCUT2D eigenvalue weighted by atomic mass is 15.2. The molecule has 2 N–H and O–H groups in total. The van der Waals surface area contributed by atoms with Gasteiger partial charge in [0.05, 0.1) is 39.3 Å². The van der Waals surface area contributed by atoms with Crippen molar-refractivity contribution in [2.24, 2.45) is 0 Å². The Kier molecular flexibility index (Phi) is 4.63. The lowest BCUT2D eigenvalue weighted by molar-refractivity contribution is -0.947. The second kappa shape index (κ2) is 5.52. The highest BCUT2D eigenvalue weighted by Gasteiger charge is 2.27. The van der Waals surface area contributed by atoms with Gasteiger partial charge in [0.2, 0.25) is 0 Å². The van der Waals surface area contributed by atoms with Crippen LogP contribution in [0.1, 0.15) is 26.7 Å². The van der Waals surface area contributed by atoms with Crippen LogP contribution in [0.15, 0.2) is 12.2 Å². The summed E-state index contributed by atoms with van der Waals surface area (Å²) in [5, 5.41) is 0. The molecule has 1 rings (SSSR count). The summed E-state index contributed by atoms with van der Waals surface area (Å²) in [6.45, 7) is 13.6. The topological polar surface area (TPSA) is 8.88 Å². The second-order valence-corrected chi connectivity index (χ2v) is 4.88. The molecule has 2 nitrogen and oxygen atoms in total. The van der Waals surface area contributed by atoms with Gasteiger partial charge in [-0.3, -0.25) is 0 Å². The molecule has 0 bridgehead atoms. The molecule has 2 heteroatoms. The molecule has 0 saturated carbocycles. The Morgan fingerprint density at radius 2 is 2.00 bits per heavy atom. The highest BCUT2D eigenvalue weighted by molar-refractivity contribution is 4.87. The van der Waals surface area contributed by atoms with Crippen LogP contribution in [0, 0.1) is 0 Å². The monoisotopic (exact) mass is 198 g/mol. The molecule has 0 aromatic carbocycles. The van der Waals surface area contributed by atoms with Gasteiger partial charge in [-0.2, -0.15) is 0 Å². The smallest absolute Gasteiger partial charge is 0.0985 e. The van der Waals surface area contributed by atoms with E-state index in [1.165, 1.54) is 44.6 Å². The molecular formula is C12H26N2+2. The third-order valence-electron chi connectivity index (χ3n) is 3.40. The van der Waals surface area contributed by atoms with E-state index >= 15 is 0 Å². The van der Waals surface area contributed by atoms with Crippen LogP contribution < -0.4 is 9.80 Å². The summed E-state index contributed by atoms with van der Waals surface area (Å²) in [4.78, 5) is 3.44. The summed E-state index contributed by atoms with van der Waals surface area (Å²) >= 11 is 0. The van der Waals surface area contributed by atoms with Crippen molar-refractivity contribution in [3.05, 3.63) is 12.2 Å². The summed E-state index contributed by atoms with van der Waals surface area (Å²) in [5.41, 5.74) is 1.33. The lowest BCUT2D eigenvalue weighted by atomic mass is 10.0. The fourth-order valence-electron chi connectivity index (χ4n) is 2.46. The number of quaternary nitrogens is 2. The maximum Gasteiger partial charge on any atom is 0.0985 e. The number of hydrogen-bond donors (Lipinski definition) is 2. The molecule has 0 aromatic rings. The molecule has 1 saturated heterocycles. The van der Waals surface area contributed by atoms with Crippen molar-refractivity contribution in [1.29, 1.82) is 0 Å². The van der Waals surface area contributed by atoms with Crippen LogP contribution in [0.4, 0.5) is 0 Å². The fourth-order valence-corrected chi connectivity index (χ4v) is 2.46. The minimum atomic E-state index is 0.889. The second-order valence-electron chi connectivity index (χ2n) is 4.88. The molecule has 0 aliphatic carbocycles. The Balaban J connectivity index is 2.40. The first kappa shape index (κ1) is 11.7. The molecule has 0 amide bonds. The van der Waals surface area contributed by atoms with Crippen molar-refractivity contribution >= 4 is 0 Å². The molecule has 0 aromatic heterocycles. The maximum atomic E-state index is 4.03. The van der Waals surface area contributed by atoms with Gasteiger partial charge in [-0.05, 0) is 19.4 Å². The summed E-state index contributed by atoms with van der Waals surface area (Å²) in [6.07, 6.45) is 2.78. The van der Waals surface area contributed by atoms with Crippen molar-refractivity contribution in [2.75, 3.05) is 33.2 Å². The van der Waals surface area contributed by atoms with Crippen LogP contribution >= 0.6 is 0 Å². The summed E-state index contributed by atoms with van der Waals surface area (Å²) in [6, 6.07) is 0.889. The van der Waals surface area contributed by atoms with E-state index in [1.807, 2.05) is 0 Å². The zero-order valence-corrected chi connectivity index (χ0v) is 10.0. The van der Waals surface area contributed by atoms with Crippen molar-refractivity contribution in [1.82, 2.24) is 0 Å². The van der Waals surface area contributed by atoms with Crippen LogP contribution in [0.3, 0.4) is 0 Å². The van der Waals surface area contributed by atoms with Crippen molar-refractivity contribution in [3.8, 4) is 0 Å². The van der Waals surface area contributed by atoms with E-state index in [9.17, 15) is 0 Å². The van der Waals surface area contributed by atoms with Gasteiger partial charge in [-0.15, -0.1) is 0 Å². The molecule has 1 heterocycles. The predicted molar refractivity (Wildman–Crippen MR) is 60.8 cm³/mol. The number of rotatable bonds is 4. The first-order chi connectivity index (χ1) is 6.63. The lowest BCUT2D eigenvalue weighted by Crippen LogP contribution is -3.19. The summed E-state index contributed by atoms with van der Waals surface area (Å²) < 4.78 is 0. The average Bonchev–Trinajstić information content (AvgIpc) is 2.15. The number of likely N-dealkylation sites (tertiary alicyclic amines) is 1. The summed E-state index contributed by atoms with van der Waals surface area (Å²) in [5.74, 6) is 0. The average molecular weight is 198 g/mol. The third-order valence-corrected chi connectivity index (χ3v) is 3.40. The number of nitrogens with one attached hydrogen (secondary N) is 2. The van der Waals surface area contributed by atoms with E-state index < -0.39 is 0 Å². The van der Waals surface area contributed by atoms with Gasteiger partial charge >= 0.3 is 0 Å². The molecule has 82 valence electrons. The van der Waals surface area contributed by atoms with Crippen LogP contribution in [-0.2, 0) is 0 Å². The zero-order chi connectivity index (χ0) is 10.6. The van der Waals surface area contributed by atoms with E-state index in [-0.39, 0.29) is 0 Å². The van der Waals surface area contributed by atoms with Crippen LogP contribution in [0.25, 0.3) is 0 Å². The molecule has 1 aliphatic heterocycles. The van der Waals surface area contributed by atoms with Gasteiger partial charge in [0.25, 0.3) is 0 Å². The Bertz CT molecular complexity index is 181. The van der Waals surface area contributed by atoms with Crippen LogP contribution in [-0.4, -0.2) is 39.3 Å². The van der Waals surface area contributed by atoms with Crippen LogP contribution in [0.5, 0.6) is 0 Å². The Labute approximate surface area is 88.6 Å². The third kappa shape index (κ3) is 3.43. The first-order valence-electron chi connectivity index (χ1n) is 5.93. The van der Waals surface area contributed by atoms with E-state index in [0.29, 0.717) is 0 Å². The Morgan fingerprint density at radius 1 is 1.43 bits per heavy atom. The molecule has 1 fully saturated rings. The molecule has 0 radical (unpaired) electrons. The van der Waals surface area contributed by atoms with Crippen molar-refractivity contribution < 1.29 is 9.80 Å². The number of likely N-dealkylation sites (N-methyl/N-ethyl adjacent to an activating group) is 1. The lowest BCUT2D eigenvalue weighted by Gasteiger charge is -2.32. The van der Waals surface area contributed by atoms with Gasteiger partial charge in [0, 0.05) is 12.8 Å². The fraction of sp³-hybridized carbons (Fsp3) is 0.833. The SMILES string of the molecule is C=C(C)C[NH+](CC)C1CC[NH+](C)CC1. The van der Waals surface area contributed by atoms with Gasteiger partial charge in [0.15, 0.2) is 0 Å². The van der Waals surface area contributed by atoms with E-state index in [2.05, 4.69) is 27.5 Å². The minimum absolute atomic E-state index is 0.889. The van der Waals surface area contributed by atoms with E-state index in [1.54, 1.807) is 9.80 Å². The molecule has 1 unspecified atom stereocenters. The van der Waals surface area contributed by atoms with Gasteiger partial charge in [-0.1, -0.05) is 6.58 Å². The van der Waals surface area contributed by atoms with E-state index in [4.69, 9.17) is 0 Å². The highest BCUT2D eigenvalue weighted by Crippen LogP contribution is 1.95. The normalized spacial score (nSPS) is 29.9. The van der Waals surface area contributed by atoms with E-state index in [0.717, 1.165) is 6.04 Å². The predicted octanol–water partition coefficient (Wildman–Crippen LogP) is -0.856. The quantitative estimate of drug-likeness (QED) is 0.544. The molecule has 14 heavy (non-hydrogen) atoms. The largest absolute Gasteiger partial charge is 0.337 e. The zero-order valence-electron chi connectivity index (χ0n) is 10.0. The number of piperidine rings is 1. The standard InChI is InChI=1S/C12H24N2/c1-5-14(10-11(2)3)12-6-8-13(4)9-7-12/h12H,2,5-10H2,1,3-4H3/p+2. The molecule has 1 atom stereocenters. The Hall–Kier alpha value is -0.340. The first-order valence-corrected chi connectivity index (χ1v) is 5.93. The number of hydrogen-bond acceptors (Lipinski definition) is 0. The molecule has 0 spiro atoms. The minimum Gasteiger partial charge on any atom is -0.337 e. The molecular weight excluding hydrogens is 172 g/mol. The summed E-state index contributed by atoms with van der Waals surface area (Å²) in [7, 11) is 2.31.